The molecule has 112 valence electrons. The molecule has 1 heterocycles. The van der Waals surface area contributed by atoms with Crippen LogP contribution < -0.4 is 10.1 Å². The first-order valence-corrected chi connectivity index (χ1v) is 7.05. The molecular weight excluding hydrogens is 266 g/mol. The van der Waals surface area contributed by atoms with Crippen LogP contribution in [0.25, 0.3) is 0 Å². The van der Waals surface area contributed by atoms with E-state index >= 15 is 0 Å². The van der Waals surface area contributed by atoms with Gasteiger partial charge in [0.05, 0.1) is 12.8 Å². The molecule has 0 fully saturated rings. The molecule has 0 aliphatic rings. The summed E-state index contributed by atoms with van der Waals surface area (Å²) in [7, 11) is 1.63. The maximum Gasteiger partial charge on any atom is 0.240 e. The van der Waals surface area contributed by atoms with Crippen molar-refractivity contribution in [1.82, 2.24) is 14.9 Å². The van der Waals surface area contributed by atoms with E-state index in [-0.39, 0.29) is 5.91 Å². The monoisotopic (exact) mass is 287 g/mol. The van der Waals surface area contributed by atoms with Crippen molar-refractivity contribution in [3.05, 3.63) is 47.5 Å². The molecule has 0 aliphatic heterocycles. The number of ether oxygens (including phenoxy) is 1. The second kappa shape index (κ2) is 6.92. The van der Waals surface area contributed by atoms with Crippen LogP contribution in [0.2, 0.25) is 0 Å². The molecule has 5 nitrogen and oxygen atoms in total. The highest BCUT2D eigenvalue weighted by Crippen LogP contribution is 2.16. The van der Waals surface area contributed by atoms with Crippen LogP contribution in [0, 0.1) is 6.92 Å². The third-order valence-electron chi connectivity index (χ3n) is 3.28. The Morgan fingerprint density at radius 2 is 2.14 bits per heavy atom. The molecule has 2 aromatic rings. The Morgan fingerprint density at radius 1 is 1.38 bits per heavy atom. The first-order chi connectivity index (χ1) is 10.1. The summed E-state index contributed by atoms with van der Waals surface area (Å²) in [5, 5.41) is 2.92. The number of nitrogens with zero attached hydrogens (tertiary/aromatic N) is 2. The number of hydrogen-bond acceptors (Lipinski definition) is 3. The van der Waals surface area contributed by atoms with Crippen LogP contribution in [0.15, 0.2) is 30.5 Å². The van der Waals surface area contributed by atoms with Gasteiger partial charge in [0.15, 0.2) is 0 Å². The molecule has 1 N–H and O–H groups in total. The summed E-state index contributed by atoms with van der Waals surface area (Å²) >= 11 is 0. The van der Waals surface area contributed by atoms with Crippen molar-refractivity contribution in [2.24, 2.45) is 0 Å². The average Bonchev–Trinajstić information content (AvgIpc) is 2.85. The van der Waals surface area contributed by atoms with Gasteiger partial charge >= 0.3 is 0 Å². The molecule has 0 saturated heterocycles. The van der Waals surface area contributed by atoms with E-state index in [2.05, 4.69) is 10.3 Å². The number of aromatic nitrogens is 2. The zero-order valence-electron chi connectivity index (χ0n) is 12.7. The van der Waals surface area contributed by atoms with Crippen molar-refractivity contribution in [3.63, 3.8) is 0 Å². The number of benzene rings is 1. The number of methoxy groups -OCH3 is 1. The number of rotatable bonds is 6. The molecule has 0 bridgehead atoms. The Morgan fingerprint density at radius 3 is 2.86 bits per heavy atom. The topological polar surface area (TPSA) is 56.2 Å². The van der Waals surface area contributed by atoms with Crippen LogP contribution >= 0.6 is 0 Å². The number of hydrogen-bond donors (Lipinski definition) is 1. The molecule has 0 spiro atoms. The van der Waals surface area contributed by atoms with Gasteiger partial charge in [0.2, 0.25) is 5.91 Å². The summed E-state index contributed by atoms with van der Waals surface area (Å²) in [6, 6.07) is 7.66. The first-order valence-electron chi connectivity index (χ1n) is 7.05. The molecule has 21 heavy (non-hydrogen) atoms. The van der Waals surface area contributed by atoms with Crippen molar-refractivity contribution < 1.29 is 9.53 Å². The van der Waals surface area contributed by atoms with Gasteiger partial charge in [-0.3, -0.25) is 4.79 Å². The van der Waals surface area contributed by atoms with Gasteiger partial charge in [0.1, 0.15) is 18.1 Å². The molecule has 0 aliphatic carbocycles. The van der Waals surface area contributed by atoms with Gasteiger partial charge in [-0.15, -0.1) is 0 Å². The van der Waals surface area contributed by atoms with Crippen LogP contribution in [0.1, 0.15) is 24.0 Å². The van der Waals surface area contributed by atoms with E-state index in [1.165, 1.54) is 0 Å². The highest BCUT2D eigenvalue weighted by atomic mass is 16.5. The smallest absolute Gasteiger partial charge is 0.240 e. The lowest BCUT2D eigenvalue weighted by atomic mass is 10.2. The molecule has 0 saturated carbocycles. The highest BCUT2D eigenvalue weighted by molar-refractivity contribution is 5.75. The number of nitrogens with one attached hydrogen (secondary N) is 1. The number of carbonyl (C=O) groups excluding carboxylic acids is 1. The molecule has 2 rings (SSSR count). The maximum atomic E-state index is 12.1. The maximum absolute atomic E-state index is 12.1. The number of imidazole rings is 1. The molecule has 0 unspecified atom stereocenters. The normalized spacial score (nSPS) is 10.4. The second-order valence-corrected chi connectivity index (χ2v) is 4.87. The molecule has 1 amide bonds. The number of amides is 1. The summed E-state index contributed by atoms with van der Waals surface area (Å²) in [6.45, 7) is 4.71. The van der Waals surface area contributed by atoms with Crippen LogP contribution in [-0.4, -0.2) is 22.6 Å². The Labute approximate surface area is 125 Å². The van der Waals surface area contributed by atoms with E-state index in [0.29, 0.717) is 13.1 Å². The largest absolute Gasteiger partial charge is 0.496 e. The Hall–Kier alpha value is -2.30. The summed E-state index contributed by atoms with van der Waals surface area (Å²) in [5.74, 6) is 1.68. The van der Waals surface area contributed by atoms with Crippen molar-refractivity contribution in [2.45, 2.75) is 33.4 Å². The van der Waals surface area contributed by atoms with E-state index in [1.54, 1.807) is 7.11 Å². The minimum absolute atomic E-state index is 0.0343. The minimum atomic E-state index is -0.0343. The zero-order chi connectivity index (χ0) is 15.2. The van der Waals surface area contributed by atoms with Crippen molar-refractivity contribution in [3.8, 4) is 5.75 Å². The Balaban J connectivity index is 1.96. The van der Waals surface area contributed by atoms with E-state index in [0.717, 1.165) is 29.3 Å². The molecule has 0 radical (unpaired) electrons. The van der Waals surface area contributed by atoms with Crippen LogP contribution in [0.3, 0.4) is 0 Å². The van der Waals surface area contributed by atoms with Gasteiger partial charge < -0.3 is 14.6 Å². The third kappa shape index (κ3) is 3.84. The fraction of sp³-hybridized carbons (Fsp3) is 0.375. The van der Waals surface area contributed by atoms with Crippen LogP contribution in [0.5, 0.6) is 5.75 Å². The van der Waals surface area contributed by atoms with Gasteiger partial charge in [-0.1, -0.05) is 25.1 Å². The van der Waals surface area contributed by atoms with Crippen molar-refractivity contribution in [1.29, 1.82) is 0 Å². The Bertz CT molecular complexity index is 620. The van der Waals surface area contributed by atoms with E-state index in [4.69, 9.17) is 4.74 Å². The van der Waals surface area contributed by atoms with Crippen molar-refractivity contribution in [2.75, 3.05) is 7.11 Å². The first kappa shape index (κ1) is 15.1. The third-order valence-corrected chi connectivity index (χ3v) is 3.28. The molecule has 1 aromatic carbocycles. The summed E-state index contributed by atoms with van der Waals surface area (Å²) < 4.78 is 7.16. The molecule has 0 atom stereocenters. The fourth-order valence-electron chi connectivity index (χ4n) is 2.27. The van der Waals surface area contributed by atoms with Gasteiger partial charge in [-0.2, -0.15) is 0 Å². The SMILES string of the molecule is CCc1nc(C)cn1CC(=O)NCc1ccccc1OC. The number of carbonyl (C=O) groups is 1. The Kier molecular flexibility index (Phi) is 4.98. The van der Waals surface area contributed by atoms with Crippen LogP contribution in [-0.2, 0) is 24.3 Å². The predicted molar refractivity (Wildman–Crippen MR) is 81.2 cm³/mol. The van der Waals surface area contributed by atoms with E-state index < -0.39 is 0 Å². The lowest BCUT2D eigenvalue weighted by Gasteiger charge is -2.10. The fourth-order valence-corrected chi connectivity index (χ4v) is 2.27. The lowest BCUT2D eigenvalue weighted by molar-refractivity contribution is -0.121. The van der Waals surface area contributed by atoms with Gasteiger partial charge in [-0.05, 0) is 13.0 Å². The van der Waals surface area contributed by atoms with Gasteiger partial charge in [-0.25, -0.2) is 4.98 Å². The van der Waals surface area contributed by atoms with E-state index in [9.17, 15) is 4.79 Å². The molecular formula is C16H21N3O2. The average molecular weight is 287 g/mol. The quantitative estimate of drug-likeness (QED) is 0.885. The summed E-state index contributed by atoms with van der Waals surface area (Å²) in [4.78, 5) is 16.5. The molecule has 5 heteroatoms. The zero-order valence-corrected chi connectivity index (χ0v) is 12.7. The lowest BCUT2D eigenvalue weighted by Crippen LogP contribution is -2.27. The highest BCUT2D eigenvalue weighted by Gasteiger charge is 2.09. The minimum Gasteiger partial charge on any atom is -0.496 e. The summed E-state index contributed by atoms with van der Waals surface area (Å²) in [5.41, 5.74) is 1.90. The van der Waals surface area contributed by atoms with Gasteiger partial charge in [0, 0.05) is 24.7 Å². The number of aryl methyl sites for hydroxylation is 2. The standard InChI is InChI=1S/C16H21N3O2/c1-4-15-18-12(2)10-19(15)11-16(20)17-9-13-7-5-6-8-14(13)21-3/h5-8,10H,4,9,11H2,1-3H3,(H,17,20). The van der Waals surface area contributed by atoms with Crippen molar-refractivity contribution >= 4 is 5.91 Å². The van der Waals surface area contributed by atoms with Gasteiger partial charge in [0.25, 0.3) is 0 Å². The molecule has 1 aromatic heterocycles. The predicted octanol–water partition coefficient (Wildman–Crippen LogP) is 2.08. The van der Waals surface area contributed by atoms with Crippen LogP contribution in [0.4, 0.5) is 0 Å². The summed E-state index contributed by atoms with van der Waals surface area (Å²) in [6.07, 6.45) is 2.72. The number of para-hydroxylation sites is 1. The van der Waals surface area contributed by atoms with E-state index in [1.807, 2.05) is 48.9 Å². The second-order valence-electron chi connectivity index (χ2n) is 4.87.